The highest BCUT2D eigenvalue weighted by Gasteiger charge is 2.30. The van der Waals surface area contributed by atoms with Gasteiger partial charge in [-0.15, -0.1) is 0 Å². The molecule has 0 spiro atoms. The van der Waals surface area contributed by atoms with Gasteiger partial charge >= 0.3 is 0 Å². The molecule has 3 aromatic rings. The van der Waals surface area contributed by atoms with Crippen LogP contribution in [0.15, 0.2) is 36.5 Å². The van der Waals surface area contributed by atoms with E-state index in [9.17, 15) is 18.7 Å². The standard InChI is InChI=1S/C23H24F2N4O4/c24-22(25)18-2-1-3-21(26-18)27-23(31)17-8-13-12-29(14-4-6-32-7-5-14)28-19(13)11-20(17)33-16-9-15(30)10-16/h1-3,8,11-12,14-16,22,30H,4-7,9-10H2,(H,26,27,31). The van der Waals surface area contributed by atoms with Gasteiger partial charge in [0.05, 0.1) is 23.2 Å². The third kappa shape index (κ3) is 4.67. The van der Waals surface area contributed by atoms with Crippen LogP contribution >= 0.6 is 0 Å². The SMILES string of the molecule is O=C(Nc1cccc(C(F)F)n1)c1cc2cn(C3CCOCC3)nc2cc1OC1CC(O)C1. The summed E-state index contributed by atoms with van der Waals surface area (Å²) in [6, 6.07) is 7.69. The van der Waals surface area contributed by atoms with E-state index in [4.69, 9.17) is 9.47 Å². The fourth-order valence-corrected chi connectivity index (χ4v) is 4.12. The van der Waals surface area contributed by atoms with Crippen molar-refractivity contribution in [3.8, 4) is 5.75 Å². The first-order valence-corrected chi connectivity index (χ1v) is 11.0. The van der Waals surface area contributed by atoms with Crippen LogP contribution in [0.5, 0.6) is 5.75 Å². The molecule has 10 heteroatoms. The third-order valence-electron chi connectivity index (χ3n) is 6.03. The zero-order valence-corrected chi connectivity index (χ0v) is 17.8. The molecule has 2 N–H and O–H groups in total. The molecule has 1 saturated carbocycles. The highest BCUT2D eigenvalue weighted by atomic mass is 19.3. The van der Waals surface area contributed by atoms with Crippen molar-refractivity contribution >= 4 is 22.6 Å². The van der Waals surface area contributed by atoms with Crippen molar-refractivity contribution in [1.82, 2.24) is 14.8 Å². The molecule has 2 aliphatic rings. The monoisotopic (exact) mass is 458 g/mol. The molecule has 5 rings (SSSR count). The number of amides is 1. The Labute approximate surface area is 188 Å². The van der Waals surface area contributed by atoms with Gasteiger partial charge in [-0.05, 0) is 31.0 Å². The van der Waals surface area contributed by atoms with Gasteiger partial charge in [-0.2, -0.15) is 5.10 Å². The Morgan fingerprint density at radius 3 is 2.76 bits per heavy atom. The Kier molecular flexibility index (Phi) is 5.94. The minimum atomic E-state index is -2.74. The smallest absolute Gasteiger partial charge is 0.280 e. The van der Waals surface area contributed by atoms with Crippen molar-refractivity contribution in [2.45, 2.75) is 50.4 Å². The maximum absolute atomic E-state index is 13.1. The van der Waals surface area contributed by atoms with Gasteiger partial charge in [0.15, 0.2) is 0 Å². The average Bonchev–Trinajstić information content (AvgIpc) is 3.21. The van der Waals surface area contributed by atoms with E-state index in [0.29, 0.717) is 37.3 Å². The van der Waals surface area contributed by atoms with Gasteiger partial charge in [-0.25, -0.2) is 13.8 Å². The van der Waals surface area contributed by atoms with Crippen LogP contribution < -0.4 is 10.1 Å². The summed E-state index contributed by atoms with van der Waals surface area (Å²) in [5.41, 5.74) is 0.520. The number of hydrogen-bond acceptors (Lipinski definition) is 6. The van der Waals surface area contributed by atoms with Crippen LogP contribution in [0.25, 0.3) is 10.9 Å². The fraction of sp³-hybridized carbons (Fsp3) is 0.435. The molecule has 1 aromatic carbocycles. The van der Waals surface area contributed by atoms with Crippen molar-refractivity contribution in [1.29, 1.82) is 0 Å². The number of ether oxygens (including phenoxy) is 2. The summed E-state index contributed by atoms with van der Waals surface area (Å²) < 4.78 is 39.3. The highest BCUT2D eigenvalue weighted by Crippen LogP contribution is 2.33. The van der Waals surface area contributed by atoms with E-state index in [-0.39, 0.29) is 23.5 Å². The van der Waals surface area contributed by atoms with E-state index >= 15 is 0 Å². The van der Waals surface area contributed by atoms with E-state index < -0.39 is 24.1 Å². The molecular formula is C23H24F2N4O4. The van der Waals surface area contributed by atoms with Gasteiger partial charge in [0.2, 0.25) is 0 Å². The van der Waals surface area contributed by atoms with Crippen molar-refractivity contribution in [3.63, 3.8) is 0 Å². The minimum Gasteiger partial charge on any atom is -0.489 e. The highest BCUT2D eigenvalue weighted by molar-refractivity contribution is 6.08. The average molecular weight is 458 g/mol. The number of anilines is 1. The molecule has 1 amide bonds. The normalized spacial score (nSPS) is 21.2. The maximum Gasteiger partial charge on any atom is 0.280 e. The van der Waals surface area contributed by atoms with Crippen LogP contribution in [-0.4, -0.2) is 51.2 Å². The molecule has 1 saturated heterocycles. The number of carbonyl (C=O) groups excluding carboxylic acids is 1. The van der Waals surface area contributed by atoms with E-state index in [1.807, 2.05) is 10.9 Å². The number of pyridine rings is 1. The quantitative estimate of drug-likeness (QED) is 0.582. The molecule has 0 radical (unpaired) electrons. The number of alkyl halides is 2. The molecule has 1 aliphatic carbocycles. The summed E-state index contributed by atoms with van der Waals surface area (Å²) in [5, 5.41) is 17.6. The van der Waals surface area contributed by atoms with Crippen LogP contribution in [0.2, 0.25) is 0 Å². The van der Waals surface area contributed by atoms with Crippen LogP contribution in [0.4, 0.5) is 14.6 Å². The molecule has 1 aliphatic heterocycles. The van der Waals surface area contributed by atoms with E-state index in [1.54, 1.807) is 12.1 Å². The molecule has 174 valence electrons. The number of carbonyl (C=O) groups is 1. The lowest BCUT2D eigenvalue weighted by Gasteiger charge is -2.32. The second-order valence-electron chi connectivity index (χ2n) is 8.43. The third-order valence-corrected chi connectivity index (χ3v) is 6.03. The number of hydrogen-bond donors (Lipinski definition) is 2. The molecule has 8 nitrogen and oxygen atoms in total. The van der Waals surface area contributed by atoms with Gasteiger partial charge in [-0.3, -0.25) is 9.48 Å². The molecule has 0 unspecified atom stereocenters. The number of nitrogens with one attached hydrogen (secondary N) is 1. The van der Waals surface area contributed by atoms with Crippen LogP contribution in [0.3, 0.4) is 0 Å². The second kappa shape index (κ2) is 9.03. The first kappa shape index (κ1) is 21.7. The predicted molar refractivity (Wildman–Crippen MR) is 116 cm³/mol. The molecule has 33 heavy (non-hydrogen) atoms. The van der Waals surface area contributed by atoms with E-state index in [2.05, 4.69) is 15.4 Å². The summed E-state index contributed by atoms with van der Waals surface area (Å²) in [6.07, 6.45) is 1.22. The molecule has 2 fully saturated rings. The maximum atomic E-state index is 13.1. The Balaban J connectivity index is 1.46. The molecule has 0 atom stereocenters. The Hall–Kier alpha value is -3.11. The van der Waals surface area contributed by atoms with Crippen LogP contribution in [0, 0.1) is 0 Å². The van der Waals surface area contributed by atoms with E-state index in [0.717, 1.165) is 18.2 Å². The predicted octanol–water partition coefficient (Wildman–Crippen LogP) is 3.87. The Morgan fingerprint density at radius 1 is 1.24 bits per heavy atom. The van der Waals surface area contributed by atoms with Crippen LogP contribution in [-0.2, 0) is 4.74 Å². The number of aromatic nitrogens is 3. The lowest BCUT2D eigenvalue weighted by Crippen LogP contribution is -2.37. The summed E-state index contributed by atoms with van der Waals surface area (Å²) in [4.78, 5) is 16.9. The summed E-state index contributed by atoms with van der Waals surface area (Å²) >= 11 is 0. The summed E-state index contributed by atoms with van der Waals surface area (Å²) in [7, 11) is 0. The number of benzene rings is 1. The van der Waals surface area contributed by atoms with Gasteiger partial charge < -0.3 is 19.9 Å². The topological polar surface area (TPSA) is 98.5 Å². The van der Waals surface area contributed by atoms with Gasteiger partial charge in [0.25, 0.3) is 12.3 Å². The number of rotatable bonds is 6. The number of fused-ring (bicyclic) bond motifs is 1. The van der Waals surface area contributed by atoms with Gasteiger partial charge in [0.1, 0.15) is 23.4 Å². The van der Waals surface area contributed by atoms with Crippen molar-refractivity contribution in [2.24, 2.45) is 0 Å². The minimum absolute atomic E-state index is 0.0285. The zero-order chi connectivity index (χ0) is 22.9. The van der Waals surface area contributed by atoms with E-state index in [1.165, 1.54) is 18.2 Å². The Morgan fingerprint density at radius 2 is 2.03 bits per heavy atom. The molecule has 0 bridgehead atoms. The van der Waals surface area contributed by atoms with Gasteiger partial charge in [-0.1, -0.05) is 6.07 Å². The fourth-order valence-electron chi connectivity index (χ4n) is 4.12. The lowest BCUT2D eigenvalue weighted by atomic mass is 9.92. The first-order chi connectivity index (χ1) is 16.0. The largest absolute Gasteiger partial charge is 0.489 e. The number of nitrogens with zero attached hydrogens (tertiary/aromatic N) is 3. The Bertz CT molecular complexity index is 1160. The first-order valence-electron chi connectivity index (χ1n) is 11.0. The number of aliphatic hydroxyl groups is 1. The van der Waals surface area contributed by atoms with Crippen molar-refractivity contribution in [3.05, 3.63) is 47.8 Å². The molecule has 2 aromatic heterocycles. The summed E-state index contributed by atoms with van der Waals surface area (Å²) in [6.45, 7) is 1.36. The molecular weight excluding hydrogens is 434 g/mol. The number of halogens is 2. The number of aliphatic hydroxyl groups excluding tert-OH is 1. The van der Waals surface area contributed by atoms with Crippen LogP contribution in [0.1, 0.15) is 54.2 Å². The lowest BCUT2D eigenvalue weighted by molar-refractivity contribution is -0.0109. The van der Waals surface area contributed by atoms with Crippen molar-refractivity contribution < 1.29 is 28.2 Å². The zero-order valence-electron chi connectivity index (χ0n) is 17.8. The summed E-state index contributed by atoms with van der Waals surface area (Å²) in [5.74, 6) is -0.163. The van der Waals surface area contributed by atoms with Gasteiger partial charge in [0, 0.05) is 43.7 Å². The second-order valence-corrected chi connectivity index (χ2v) is 8.43. The molecule has 3 heterocycles. The van der Waals surface area contributed by atoms with Crippen molar-refractivity contribution in [2.75, 3.05) is 18.5 Å².